The molecule has 0 bridgehead atoms. The van der Waals surface area contributed by atoms with Crippen LogP contribution in [0.5, 0.6) is 0 Å². The third kappa shape index (κ3) is 7.07. The van der Waals surface area contributed by atoms with Crippen molar-refractivity contribution in [2.75, 3.05) is 6.61 Å². The molecule has 0 saturated heterocycles. The number of hydrogen-bond acceptors (Lipinski definition) is 3. The maximum absolute atomic E-state index is 10.6. The summed E-state index contributed by atoms with van der Waals surface area (Å²) in [6.45, 7) is 3.53. The van der Waals surface area contributed by atoms with Gasteiger partial charge in [0.05, 0.1) is 6.61 Å². The second-order valence-electron chi connectivity index (χ2n) is 2.32. The van der Waals surface area contributed by atoms with Gasteiger partial charge in [-0.25, -0.2) is 4.79 Å². The van der Waals surface area contributed by atoms with E-state index in [9.17, 15) is 4.79 Å². The Morgan fingerprint density at radius 3 is 2.69 bits per heavy atom. The van der Waals surface area contributed by atoms with Crippen LogP contribution >= 0.6 is 23.2 Å². The first-order valence-corrected chi connectivity index (χ1v) is 5.31. The minimum absolute atomic E-state index is 0.275. The van der Waals surface area contributed by atoms with Gasteiger partial charge in [0, 0.05) is 12.5 Å². The number of esters is 1. The molecule has 0 radical (unpaired) electrons. The maximum Gasteiger partial charge on any atom is 0.330 e. The summed E-state index contributed by atoms with van der Waals surface area (Å²) >= 11 is 11.4. The summed E-state index contributed by atoms with van der Waals surface area (Å²) in [4.78, 5) is 10.6. The average Bonchev–Trinajstić information content (AvgIpc) is 2.12. The maximum atomic E-state index is 10.6. The van der Waals surface area contributed by atoms with Gasteiger partial charge in [0.25, 0.3) is 0 Å². The molecule has 0 aromatic heterocycles. The Morgan fingerprint density at radius 2 is 2.23 bits per heavy atom. The van der Waals surface area contributed by atoms with E-state index in [1.807, 2.05) is 0 Å². The summed E-state index contributed by atoms with van der Waals surface area (Å²) in [5, 5.41) is 0. The predicted octanol–water partition coefficient (Wildman–Crippen LogP) is 0.924. The van der Waals surface area contributed by atoms with Gasteiger partial charge in [0.1, 0.15) is 10.5 Å². The van der Waals surface area contributed by atoms with Crippen LogP contribution in [-0.2, 0) is 14.0 Å². The number of hydrogen-bond donors (Lipinski definition) is 0. The molecule has 0 aromatic carbocycles. The zero-order valence-corrected chi connectivity index (χ0v) is 10.9. The van der Waals surface area contributed by atoms with Crippen molar-refractivity contribution in [1.82, 2.24) is 0 Å². The highest BCUT2D eigenvalue weighted by Crippen LogP contribution is 2.26. The summed E-state index contributed by atoms with van der Waals surface area (Å²) in [6.07, 6.45) is 2.11. The Hall–Kier alpha value is -0.0331. The summed E-state index contributed by atoms with van der Waals surface area (Å²) < 4.78 is 8.46. The fourth-order valence-corrected chi connectivity index (χ4v) is 1.08. The van der Waals surface area contributed by atoms with E-state index in [0.717, 1.165) is 6.08 Å². The first-order chi connectivity index (χ1) is 6.02. The molecule has 0 spiro atoms. The first kappa shape index (κ1) is 13.0. The van der Waals surface area contributed by atoms with E-state index in [4.69, 9.17) is 32.4 Å². The largest absolute Gasteiger partial charge is 0.463 e. The van der Waals surface area contributed by atoms with Crippen LogP contribution < -0.4 is 0 Å². The van der Waals surface area contributed by atoms with Crippen LogP contribution in [0, 0.1) is 0 Å². The number of ether oxygens (including phenoxy) is 1. The molecule has 0 aliphatic heterocycles. The number of rotatable bonds is 6. The lowest BCUT2D eigenvalue weighted by Gasteiger charge is -2.17. The van der Waals surface area contributed by atoms with Crippen molar-refractivity contribution < 1.29 is 14.0 Å². The van der Waals surface area contributed by atoms with Crippen molar-refractivity contribution in [3.63, 3.8) is 0 Å². The van der Waals surface area contributed by atoms with Gasteiger partial charge in [-0.1, -0.05) is 29.8 Å². The number of alkyl halides is 2. The first-order valence-electron chi connectivity index (χ1n) is 3.74. The summed E-state index contributed by atoms with van der Waals surface area (Å²) in [5.74, 6) is -0.443. The molecule has 0 saturated carbocycles. The van der Waals surface area contributed by atoms with E-state index in [2.05, 4.69) is 6.58 Å². The fraction of sp³-hybridized carbons (Fsp3) is 0.571. The molecular weight excluding hydrogens is 231 g/mol. The third-order valence-corrected chi connectivity index (χ3v) is 3.22. The van der Waals surface area contributed by atoms with Crippen LogP contribution in [0.15, 0.2) is 12.7 Å². The molecule has 0 rings (SSSR count). The molecule has 0 atom stereocenters. The normalized spacial score (nSPS) is 11.2. The molecule has 0 aliphatic carbocycles. The van der Waals surface area contributed by atoms with Gasteiger partial charge in [-0.15, -0.1) is 0 Å². The van der Waals surface area contributed by atoms with Crippen LogP contribution in [0.4, 0.5) is 0 Å². The Morgan fingerprint density at radius 1 is 1.62 bits per heavy atom. The minimum atomic E-state index is -1.13. The monoisotopic (exact) mass is 242 g/mol. The smallest absolute Gasteiger partial charge is 0.330 e. The van der Waals surface area contributed by atoms with E-state index in [-0.39, 0.29) is 6.61 Å². The summed E-state index contributed by atoms with van der Waals surface area (Å²) in [7, 11) is 0.475. The molecule has 0 heterocycles. The summed E-state index contributed by atoms with van der Waals surface area (Å²) in [6, 6.07) is 0. The van der Waals surface area contributed by atoms with Gasteiger partial charge in [-0.2, -0.15) is 0 Å². The van der Waals surface area contributed by atoms with E-state index >= 15 is 0 Å². The Balaban J connectivity index is 3.46. The Kier molecular flexibility index (Phi) is 6.41. The predicted molar refractivity (Wildman–Crippen MR) is 55.9 cm³/mol. The van der Waals surface area contributed by atoms with Crippen LogP contribution in [0.1, 0.15) is 12.8 Å². The van der Waals surface area contributed by atoms with Crippen molar-refractivity contribution in [1.29, 1.82) is 0 Å². The minimum Gasteiger partial charge on any atom is -0.463 e. The van der Waals surface area contributed by atoms with E-state index in [1.54, 1.807) is 0 Å². The van der Waals surface area contributed by atoms with Gasteiger partial charge in [-0.3, -0.25) is 0 Å². The molecule has 0 aromatic rings. The molecule has 0 amide bonds. The highest BCUT2D eigenvalue weighted by Gasteiger charge is 2.21. The van der Waals surface area contributed by atoms with Gasteiger partial charge in [-0.05, 0) is 6.42 Å². The average molecular weight is 243 g/mol. The lowest BCUT2D eigenvalue weighted by atomic mass is 10.3. The summed E-state index contributed by atoms with van der Waals surface area (Å²) in [5.41, 5.74) is 0. The zero-order valence-electron chi connectivity index (χ0n) is 7.39. The van der Waals surface area contributed by atoms with Crippen LogP contribution in [0.3, 0.4) is 0 Å². The molecule has 0 unspecified atom stereocenters. The van der Waals surface area contributed by atoms with Crippen molar-refractivity contribution in [2.24, 2.45) is 0 Å². The van der Waals surface area contributed by atoms with Crippen molar-refractivity contribution >= 4 is 39.7 Å². The molecule has 13 heavy (non-hydrogen) atoms. The molecule has 0 N–H and O–H groups in total. The quantitative estimate of drug-likeness (QED) is 0.229. The lowest BCUT2D eigenvalue weighted by molar-refractivity contribution is -0.137. The van der Waals surface area contributed by atoms with E-state index < -0.39 is 10.5 Å². The highest BCUT2D eigenvalue weighted by molar-refractivity contribution is 6.48. The molecule has 6 heteroatoms. The van der Waals surface area contributed by atoms with Crippen molar-refractivity contribution in [3.05, 3.63) is 12.7 Å². The molecular formula is C7H12Cl2O3Si. The second-order valence-corrected chi connectivity index (χ2v) is 4.14. The van der Waals surface area contributed by atoms with Gasteiger partial charge < -0.3 is 9.16 Å². The zero-order chi connectivity index (χ0) is 10.3. The Labute approximate surface area is 90.5 Å². The highest BCUT2D eigenvalue weighted by atomic mass is 35.5. The lowest BCUT2D eigenvalue weighted by Crippen LogP contribution is -2.17. The second kappa shape index (κ2) is 6.43. The number of carbonyl (C=O) groups is 1. The Bertz CT molecular complexity index is 185. The van der Waals surface area contributed by atoms with Gasteiger partial charge >= 0.3 is 5.97 Å². The van der Waals surface area contributed by atoms with Gasteiger partial charge in [0.15, 0.2) is 0 Å². The van der Waals surface area contributed by atoms with Crippen LogP contribution in [0.2, 0.25) is 0 Å². The van der Waals surface area contributed by atoms with E-state index in [0.29, 0.717) is 23.3 Å². The standard InChI is InChI=1S/C7H12Cl2O3Si/c1-2-6(10)11-5-3-4-7(8,9)12-13/h2H,1,3-5H2,13H3. The van der Waals surface area contributed by atoms with E-state index in [1.165, 1.54) is 0 Å². The number of halogens is 2. The topological polar surface area (TPSA) is 35.5 Å². The molecule has 76 valence electrons. The fourth-order valence-electron chi connectivity index (χ4n) is 0.612. The van der Waals surface area contributed by atoms with Crippen LogP contribution in [-0.4, -0.2) is 27.6 Å². The van der Waals surface area contributed by atoms with Crippen LogP contribution in [0.25, 0.3) is 0 Å². The molecule has 3 nitrogen and oxygen atoms in total. The number of carbonyl (C=O) groups excluding carboxylic acids is 1. The van der Waals surface area contributed by atoms with Gasteiger partial charge in [0.2, 0.25) is 4.52 Å². The van der Waals surface area contributed by atoms with Crippen molar-refractivity contribution in [2.45, 2.75) is 17.4 Å². The molecule has 0 aliphatic rings. The SMILES string of the molecule is C=CC(=O)OCCCC(Cl)(Cl)O[SiH3]. The third-order valence-electron chi connectivity index (χ3n) is 1.32. The molecule has 0 fully saturated rings. The van der Waals surface area contributed by atoms with Crippen molar-refractivity contribution in [3.8, 4) is 0 Å².